The van der Waals surface area contributed by atoms with Crippen molar-refractivity contribution in [3.05, 3.63) is 30.1 Å². The standard InChI is InChI=1S/C13H22N4/c1-4-12-9(2)13(17-16-12)15-10(3)11-6-5-7-14-8-11/h5-10,12-13,15-17H,4H2,1-3H3. The zero-order chi connectivity index (χ0) is 12.3. The molecule has 1 aliphatic rings. The third-order valence-electron chi connectivity index (χ3n) is 3.64. The Morgan fingerprint density at radius 2 is 2.29 bits per heavy atom. The van der Waals surface area contributed by atoms with Crippen LogP contribution >= 0.6 is 0 Å². The molecule has 4 unspecified atom stereocenters. The Kier molecular flexibility index (Phi) is 4.10. The van der Waals surface area contributed by atoms with Gasteiger partial charge in [0.05, 0.1) is 6.17 Å². The summed E-state index contributed by atoms with van der Waals surface area (Å²) in [6, 6.07) is 4.94. The minimum absolute atomic E-state index is 0.307. The zero-order valence-corrected chi connectivity index (χ0v) is 10.8. The lowest BCUT2D eigenvalue weighted by atomic mass is 9.98. The third kappa shape index (κ3) is 2.83. The van der Waals surface area contributed by atoms with E-state index in [2.05, 4.69) is 48.0 Å². The maximum atomic E-state index is 4.15. The molecule has 2 heterocycles. The quantitative estimate of drug-likeness (QED) is 0.740. The van der Waals surface area contributed by atoms with E-state index < -0.39 is 0 Å². The number of hydrogen-bond acceptors (Lipinski definition) is 4. The minimum atomic E-state index is 0.307. The monoisotopic (exact) mass is 234 g/mol. The summed E-state index contributed by atoms with van der Waals surface area (Å²) < 4.78 is 0. The van der Waals surface area contributed by atoms with E-state index in [1.54, 1.807) is 6.20 Å². The maximum Gasteiger partial charge on any atom is 0.0750 e. The van der Waals surface area contributed by atoms with Gasteiger partial charge in [-0.1, -0.05) is 19.9 Å². The van der Waals surface area contributed by atoms with Crippen LogP contribution in [0.2, 0.25) is 0 Å². The fraction of sp³-hybridized carbons (Fsp3) is 0.615. The number of hydrogen-bond donors (Lipinski definition) is 3. The van der Waals surface area contributed by atoms with Crippen molar-refractivity contribution < 1.29 is 0 Å². The summed E-state index contributed by atoms with van der Waals surface area (Å²) in [7, 11) is 0. The summed E-state index contributed by atoms with van der Waals surface area (Å²) in [6.45, 7) is 6.66. The first kappa shape index (κ1) is 12.5. The number of aromatic nitrogens is 1. The van der Waals surface area contributed by atoms with Gasteiger partial charge in [-0.05, 0) is 25.0 Å². The van der Waals surface area contributed by atoms with Gasteiger partial charge < -0.3 is 0 Å². The van der Waals surface area contributed by atoms with E-state index in [0.717, 1.165) is 6.42 Å². The molecule has 94 valence electrons. The Labute approximate surface area is 103 Å². The highest BCUT2D eigenvalue weighted by atomic mass is 15.5. The molecule has 1 aliphatic heterocycles. The smallest absolute Gasteiger partial charge is 0.0750 e. The molecule has 3 N–H and O–H groups in total. The van der Waals surface area contributed by atoms with Gasteiger partial charge in [-0.2, -0.15) is 0 Å². The van der Waals surface area contributed by atoms with Crippen LogP contribution in [0, 0.1) is 5.92 Å². The lowest BCUT2D eigenvalue weighted by molar-refractivity contribution is 0.347. The van der Waals surface area contributed by atoms with E-state index in [1.807, 2.05) is 12.3 Å². The van der Waals surface area contributed by atoms with Gasteiger partial charge in [0.25, 0.3) is 0 Å². The van der Waals surface area contributed by atoms with Crippen molar-refractivity contribution in [2.45, 2.75) is 45.4 Å². The van der Waals surface area contributed by atoms with E-state index in [9.17, 15) is 0 Å². The van der Waals surface area contributed by atoms with Crippen LogP contribution in [0.25, 0.3) is 0 Å². The van der Waals surface area contributed by atoms with Gasteiger partial charge in [-0.3, -0.25) is 15.7 Å². The Hall–Kier alpha value is -0.970. The van der Waals surface area contributed by atoms with E-state index in [-0.39, 0.29) is 0 Å². The van der Waals surface area contributed by atoms with Crippen LogP contribution in [-0.2, 0) is 0 Å². The van der Waals surface area contributed by atoms with Crippen molar-refractivity contribution in [1.29, 1.82) is 0 Å². The fourth-order valence-electron chi connectivity index (χ4n) is 2.36. The molecule has 17 heavy (non-hydrogen) atoms. The largest absolute Gasteiger partial charge is 0.294 e. The number of pyridine rings is 1. The summed E-state index contributed by atoms with van der Waals surface area (Å²) in [5.74, 6) is 0.583. The molecule has 0 aromatic carbocycles. The SMILES string of the molecule is CCC1NNC(NC(C)c2cccnc2)C1C. The first-order chi connectivity index (χ1) is 8.22. The third-order valence-corrected chi connectivity index (χ3v) is 3.64. The molecule has 4 atom stereocenters. The van der Waals surface area contributed by atoms with Crippen molar-refractivity contribution in [2.24, 2.45) is 5.92 Å². The van der Waals surface area contributed by atoms with Crippen LogP contribution in [-0.4, -0.2) is 17.2 Å². The molecule has 0 radical (unpaired) electrons. The van der Waals surface area contributed by atoms with E-state index >= 15 is 0 Å². The van der Waals surface area contributed by atoms with Gasteiger partial charge in [0.1, 0.15) is 0 Å². The molecule has 2 rings (SSSR count). The molecule has 1 fully saturated rings. The number of nitrogens with zero attached hydrogens (tertiary/aromatic N) is 1. The predicted octanol–water partition coefficient (Wildman–Crippen LogP) is 1.58. The van der Waals surface area contributed by atoms with Gasteiger partial charge in [0.15, 0.2) is 0 Å². The summed E-state index contributed by atoms with van der Waals surface area (Å²) in [5.41, 5.74) is 7.88. The first-order valence-electron chi connectivity index (χ1n) is 6.39. The number of rotatable bonds is 4. The molecular formula is C13H22N4. The molecule has 4 nitrogen and oxygen atoms in total. The lowest BCUT2D eigenvalue weighted by Gasteiger charge is -2.23. The highest BCUT2D eigenvalue weighted by molar-refractivity contribution is 5.13. The average molecular weight is 234 g/mol. The molecule has 1 saturated heterocycles. The van der Waals surface area contributed by atoms with E-state index in [4.69, 9.17) is 0 Å². The second kappa shape index (κ2) is 5.58. The van der Waals surface area contributed by atoms with Gasteiger partial charge >= 0.3 is 0 Å². The molecule has 0 aliphatic carbocycles. The second-order valence-corrected chi connectivity index (χ2v) is 4.81. The van der Waals surface area contributed by atoms with Crippen molar-refractivity contribution in [2.75, 3.05) is 0 Å². The Morgan fingerprint density at radius 3 is 2.88 bits per heavy atom. The van der Waals surface area contributed by atoms with Crippen molar-refractivity contribution in [1.82, 2.24) is 21.2 Å². The molecule has 0 bridgehead atoms. The highest BCUT2D eigenvalue weighted by Crippen LogP contribution is 2.18. The zero-order valence-electron chi connectivity index (χ0n) is 10.8. The summed E-state index contributed by atoms with van der Waals surface area (Å²) in [5, 5.41) is 3.60. The average Bonchev–Trinajstić information content (AvgIpc) is 2.71. The van der Waals surface area contributed by atoms with Crippen molar-refractivity contribution in [3.63, 3.8) is 0 Å². The highest BCUT2D eigenvalue weighted by Gasteiger charge is 2.31. The molecule has 0 saturated carbocycles. The van der Waals surface area contributed by atoms with Crippen molar-refractivity contribution >= 4 is 0 Å². The van der Waals surface area contributed by atoms with Crippen LogP contribution in [0.1, 0.15) is 38.8 Å². The second-order valence-electron chi connectivity index (χ2n) is 4.81. The van der Waals surface area contributed by atoms with E-state index in [1.165, 1.54) is 5.56 Å². The Bertz CT molecular complexity index is 341. The maximum absolute atomic E-state index is 4.15. The molecule has 1 aromatic rings. The van der Waals surface area contributed by atoms with Gasteiger partial charge in [0.2, 0.25) is 0 Å². The predicted molar refractivity (Wildman–Crippen MR) is 69.1 cm³/mol. The van der Waals surface area contributed by atoms with Crippen molar-refractivity contribution in [3.8, 4) is 0 Å². The Balaban J connectivity index is 1.94. The summed E-state index contributed by atoms with van der Waals surface area (Å²) in [4.78, 5) is 4.15. The minimum Gasteiger partial charge on any atom is -0.294 e. The number of nitrogens with one attached hydrogen (secondary N) is 3. The van der Waals surface area contributed by atoms with Gasteiger partial charge in [-0.25, -0.2) is 5.43 Å². The normalized spacial score (nSPS) is 30.4. The van der Waals surface area contributed by atoms with E-state index in [0.29, 0.717) is 24.2 Å². The summed E-state index contributed by atoms with van der Waals surface area (Å²) in [6.07, 6.45) is 5.19. The van der Waals surface area contributed by atoms with Gasteiger partial charge in [-0.15, -0.1) is 0 Å². The first-order valence-corrected chi connectivity index (χ1v) is 6.39. The van der Waals surface area contributed by atoms with Crippen LogP contribution in [0.4, 0.5) is 0 Å². The van der Waals surface area contributed by atoms with Gasteiger partial charge in [0, 0.05) is 30.4 Å². The topological polar surface area (TPSA) is 49.0 Å². The van der Waals surface area contributed by atoms with Crippen LogP contribution in [0.3, 0.4) is 0 Å². The Morgan fingerprint density at radius 1 is 1.47 bits per heavy atom. The summed E-state index contributed by atoms with van der Waals surface area (Å²) >= 11 is 0. The number of hydrazine groups is 1. The molecule has 4 heteroatoms. The molecule has 0 amide bonds. The molecule has 0 spiro atoms. The van der Waals surface area contributed by atoms with Crippen LogP contribution in [0.5, 0.6) is 0 Å². The molecular weight excluding hydrogens is 212 g/mol. The van der Waals surface area contributed by atoms with Crippen LogP contribution < -0.4 is 16.2 Å². The van der Waals surface area contributed by atoms with Crippen LogP contribution in [0.15, 0.2) is 24.5 Å². The fourth-order valence-corrected chi connectivity index (χ4v) is 2.36. The molecule has 1 aromatic heterocycles. The lowest BCUT2D eigenvalue weighted by Crippen LogP contribution is -2.44.